The van der Waals surface area contributed by atoms with Gasteiger partial charge in [-0.15, -0.1) is 24.0 Å². The van der Waals surface area contributed by atoms with E-state index in [1.165, 1.54) is 32.8 Å². The highest BCUT2D eigenvalue weighted by molar-refractivity contribution is 14.0. The summed E-state index contributed by atoms with van der Waals surface area (Å²) in [7, 11) is 1.53. The lowest BCUT2D eigenvalue weighted by molar-refractivity contribution is 0.373. The summed E-state index contributed by atoms with van der Waals surface area (Å²) >= 11 is 0. The van der Waals surface area contributed by atoms with Gasteiger partial charge >= 0.3 is 0 Å². The van der Waals surface area contributed by atoms with Gasteiger partial charge in [-0.3, -0.25) is 0 Å². The number of likely N-dealkylation sites (tertiary alicyclic amines) is 1. The monoisotopic (exact) mass is 405 g/mol. The summed E-state index contributed by atoms with van der Waals surface area (Å²) in [4.78, 5) is 6.57. The van der Waals surface area contributed by atoms with E-state index in [1.807, 2.05) is 6.07 Å². The Balaban J connectivity index is 0.00000220. The zero-order chi connectivity index (χ0) is 14.4. The molecule has 0 saturated carbocycles. The number of aromatic hydroxyl groups is 1. The molecule has 1 aliphatic heterocycles. The first-order chi connectivity index (χ1) is 9.70. The van der Waals surface area contributed by atoms with Gasteiger partial charge in [0.15, 0.2) is 17.5 Å². The van der Waals surface area contributed by atoms with Gasteiger partial charge in [-0.05, 0) is 30.5 Å². The molecule has 0 aliphatic carbocycles. The van der Waals surface area contributed by atoms with Gasteiger partial charge in [0, 0.05) is 13.1 Å². The molecule has 1 aromatic carbocycles. The molecule has 1 aromatic rings. The SMILES string of the molecule is COc1ccc(CN=C(N)N2CCCCCC2)cc1O.I. The number of phenolic OH excluding ortho intramolecular Hbond substituents is 1. The fraction of sp³-hybridized carbons (Fsp3) is 0.533. The number of halogens is 1. The van der Waals surface area contributed by atoms with Gasteiger partial charge in [0.25, 0.3) is 0 Å². The van der Waals surface area contributed by atoms with Crippen LogP contribution in [0, 0.1) is 0 Å². The van der Waals surface area contributed by atoms with Crippen molar-refractivity contribution < 1.29 is 9.84 Å². The number of ether oxygens (including phenoxy) is 1. The molecule has 0 amide bonds. The van der Waals surface area contributed by atoms with Crippen LogP contribution in [-0.2, 0) is 6.54 Å². The molecule has 3 N–H and O–H groups in total. The summed E-state index contributed by atoms with van der Waals surface area (Å²) in [6.07, 6.45) is 4.91. The van der Waals surface area contributed by atoms with Crippen LogP contribution in [0.25, 0.3) is 0 Å². The van der Waals surface area contributed by atoms with Crippen LogP contribution in [0.3, 0.4) is 0 Å². The van der Waals surface area contributed by atoms with Crippen molar-refractivity contribution in [3.05, 3.63) is 23.8 Å². The zero-order valence-electron chi connectivity index (χ0n) is 12.4. The van der Waals surface area contributed by atoms with E-state index < -0.39 is 0 Å². The number of phenols is 1. The molecule has 0 spiro atoms. The molecule has 0 bridgehead atoms. The summed E-state index contributed by atoms with van der Waals surface area (Å²) in [5.74, 6) is 1.20. The average molecular weight is 405 g/mol. The molecule has 118 valence electrons. The fourth-order valence-corrected chi connectivity index (χ4v) is 2.41. The van der Waals surface area contributed by atoms with E-state index in [1.54, 1.807) is 12.1 Å². The normalized spacial score (nSPS) is 16.0. The van der Waals surface area contributed by atoms with Crippen molar-refractivity contribution in [1.82, 2.24) is 4.90 Å². The Hall–Kier alpha value is -1.18. The van der Waals surface area contributed by atoms with E-state index in [-0.39, 0.29) is 29.7 Å². The quantitative estimate of drug-likeness (QED) is 0.461. The fourth-order valence-electron chi connectivity index (χ4n) is 2.41. The Morgan fingerprint density at radius 3 is 2.52 bits per heavy atom. The molecular formula is C15H24IN3O2. The maximum atomic E-state index is 9.73. The van der Waals surface area contributed by atoms with Crippen LogP contribution in [-0.4, -0.2) is 36.2 Å². The third-order valence-corrected chi connectivity index (χ3v) is 3.60. The summed E-state index contributed by atoms with van der Waals surface area (Å²) in [6.45, 7) is 2.45. The predicted molar refractivity (Wildman–Crippen MR) is 95.4 cm³/mol. The standard InChI is InChI=1S/C15H23N3O2.HI/c1-20-14-7-6-12(10-13(14)19)11-17-15(16)18-8-4-2-3-5-9-18;/h6-7,10,19H,2-5,8-9,11H2,1H3,(H2,16,17);1H. The molecule has 1 saturated heterocycles. The van der Waals surface area contributed by atoms with Gasteiger partial charge in [0.1, 0.15) is 0 Å². The van der Waals surface area contributed by atoms with Gasteiger partial charge < -0.3 is 20.5 Å². The third kappa shape index (κ3) is 5.26. The minimum absolute atomic E-state index is 0. The van der Waals surface area contributed by atoms with E-state index in [2.05, 4.69) is 9.89 Å². The first kappa shape index (κ1) is 17.9. The van der Waals surface area contributed by atoms with E-state index >= 15 is 0 Å². The molecule has 1 heterocycles. The number of methoxy groups -OCH3 is 1. The second kappa shape index (κ2) is 8.96. The van der Waals surface area contributed by atoms with E-state index in [9.17, 15) is 5.11 Å². The van der Waals surface area contributed by atoms with Crippen LogP contribution in [0.4, 0.5) is 0 Å². The number of nitrogens with two attached hydrogens (primary N) is 1. The van der Waals surface area contributed by atoms with Crippen LogP contribution in [0.2, 0.25) is 0 Å². The maximum absolute atomic E-state index is 9.73. The van der Waals surface area contributed by atoms with Crippen molar-refractivity contribution >= 4 is 29.9 Å². The molecule has 21 heavy (non-hydrogen) atoms. The number of hydrogen-bond donors (Lipinski definition) is 2. The maximum Gasteiger partial charge on any atom is 0.191 e. The summed E-state index contributed by atoms with van der Waals surface area (Å²) in [5, 5.41) is 9.73. The number of nitrogens with zero attached hydrogens (tertiary/aromatic N) is 2. The Labute approximate surface area is 143 Å². The van der Waals surface area contributed by atoms with Crippen molar-refractivity contribution in [3.8, 4) is 11.5 Å². The first-order valence-corrected chi connectivity index (χ1v) is 7.11. The minimum Gasteiger partial charge on any atom is -0.504 e. The molecule has 0 atom stereocenters. The molecule has 1 fully saturated rings. The molecular weight excluding hydrogens is 381 g/mol. The highest BCUT2D eigenvalue weighted by atomic mass is 127. The Bertz CT molecular complexity index is 472. The number of rotatable bonds is 3. The van der Waals surface area contributed by atoms with Crippen molar-refractivity contribution in [2.45, 2.75) is 32.2 Å². The number of benzene rings is 1. The second-order valence-corrected chi connectivity index (χ2v) is 5.08. The molecule has 0 unspecified atom stereocenters. The average Bonchev–Trinajstić information content (AvgIpc) is 2.74. The van der Waals surface area contributed by atoms with Crippen LogP contribution in [0.15, 0.2) is 23.2 Å². The van der Waals surface area contributed by atoms with Crippen LogP contribution < -0.4 is 10.5 Å². The highest BCUT2D eigenvalue weighted by Gasteiger charge is 2.10. The first-order valence-electron chi connectivity index (χ1n) is 7.11. The number of guanidine groups is 1. The molecule has 2 rings (SSSR count). The summed E-state index contributed by atoms with van der Waals surface area (Å²) < 4.78 is 5.02. The van der Waals surface area contributed by atoms with E-state index in [4.69, 9.17) is 10.5 Å². The largest absolute Gasteiger partial charge is 0.504 e. The molecule has 6 heteroatoms. The van der Waals surface area contributed by atoms with E-state index in [0.717, 1.165) is 18.7 Å². The second-order valence-electron chi connectivity index (χ2n) is 5.08. The van der Waals surface area contributed by atoms with Crippen LogP contribution >= 0.6 is 24.0 Å². The molecule has 1 aliphatic rings. The van der Waals surface area contributed by atoms with Crippen molar-refractivity contribution in [1.29, 1.82) is 0 Å². The highest BCUT2D eigenvalue weighted by Crippen LogP contribution is 2.26. The van der Waals surface area contributed by atoms with Crippen LogP contribution in [0.5, 0.6) is 11.5 Å². The zero-order valence-corrected chi connectivity index (χ0v) is 14.7. The molecule has 5 nitrogen and oxygen atoms in total. The van der Waals surface area contributed by atoms with Gasteiger partial charge in [-0.25, -0.2) is 4.99 Å². The van der Waals surface area contributed by atoms with Gasteiger partial charge in [0.05, 0.1) is 13.7 Å². The summed E-state index contributed by atoms with van der Waals surface area (Å²) in [6, 6.07) is 5.29. The van der Waals surface area contributed by atoms with Crippen LogP contribution in [0.1, 0.15) is 31.2 Å². The lowest BCUT2D eigenvalue weighted by atomic mass is 10.2. The Morgan fingerprint density at radius 2 is 1.95 bits per heavy atom. The lowest BCUT2D eigenvalue weighted by Crippen LogP contribution is -2.38. The lowest BCUT2D eigenvalue weighted by Gasteiger charge is -2.21. The van der Waals surface area contributed by atoms with Crippen molar-refractivity contribution in [2.24, 2.45) is 10.7 Å². The topological polar surface area (TPSA) is 71.1 Å². The van der Waals surface area contributed by atoms with Crippen molar-refractivity contribution in [2.75, 3.05) is 20.2 Å². The Kier molecular flexibility index (Phi) is 7.63. The minimum atomic E-state index is 0. The van der Waals surface area contributed by atoms with Gasteiger partial charge in [-0.1, -0.05) is 18.9 Å². The number of hydrogen-bond acceptors (Lipinski definition) is 3. The summed E-state index contributed by atoms with van der Waals surface area (Å²) in [5.41, 5.74) is 6.97. The molecule has 0 aromatic heterocycles. The Morgan fingerprint density at radius 1 is 1.29 bits per heavy atom. The van der Waals surface area contributed by atoms with E-state index in [0.29, 0.717) is 18.3 Å². The van der Waals surface area contributed by atoms with Gasteiger partial charge in [0.2, 0.25) is 0 Å². The molecule has 0 radical (unpaired) electrons. The van der Waals surface area contributed by atoms with Gasteiger partial charge in [-0.2, -0.15) is 0 Å². The predicted octanol–water partition coefficient (Wildman–Crippen LogP) is 2.71. The smallest absolute Gasteiger partial charge is 0.191 e. The third-order valence-electron chi connectivity index (χ3n) is 3.60. The van der Waals surface area contributed by atoms with Crippen molar-refractivity contribution in [3.63, 3.8) is 0 Å². The number of aliphatic imine (C=N–C) groups is 1.